The van der Waals surface area contributed by atoms with Crippen molar-refractivity contribution in [1.29, 1.82) is 5.26 Å². The van der Waals surface area contributed by atoms with E-state index >= 15 is 0 Å². The Balaban J connectivity index is 2.74. The van der Waals surface area contributed by atoms with Gasteiger partial charge in [-0.05, 0) is 40.2 Å². The maximum absolute atomic E-state index is 11.9. The molecule has 1 aliphatic heterocycles. The number of hydrogen-bond acceptors (Lipinski definition) is 4. The van der Waals surface area contributed by atoms with Crippen LogP contribution in [0.3, 0.4) is 0 Å². The zero-order valence-electron chi connectivity index (χ0n) is 9.59. The summed E-state index contributed by atoms with van der Waals surface area (Å²) in [4.78, 5) is 11.9. The summed E-state index contributed by atoms with van der Waals surface area (Å²) in [5.74, 6) is -0.398. The quantitative estimate of drug-likeness (QED) is 0.661. The van der Waals surface area contributed by atoms with Crippen molar-refractivity contribution in [1.82, 2.24) is 5.32 Å². The molecule has 0 aromatic rings. The van der Waals surface area contributed by atoms with E-state index in [0.29, 0.717) is 13.0 Å². The van der Waals surface area contributed by atoms with E-state index < -0.39 is 17.0 Å². The van der Waals surface area contributed by atoms with E-state index in [1.54, 1.807) is 0 Å². The predicted octanol–water partition coefficient (Wildman–Crippen LogP) is 1.22. The molecule has 1 atom stereocenters. The van der Waals surface area contributed by atoms with E-state index in [2.05, 4.69) is 11.4 Å². The van der Waals surface area contributed by atoms with Gasteiger partial charge in [0, 0.05) is 6.54 Å². The molecule has 0 amide bonds. The van der Waals surface area contributed by atoms with Gasteiger partial charge in [0.25, 0.3) is 0 Å². The van der Waals surface area contributed by atoms with Crippen LogP contribution in [-0.4, -0.2) is 24.7 Å². The van der Waals surface area contributed by atoms with Crippen LogP contribution in [0.15, 0.2) is 0 Å². The Morgan fingerprint density at radius 2 is 2.20 bits per heavy atom. The monoisotopic (exact) mass is 210 g/mol. The van der Waals surface area contributed by atoms with Crippen molar-refractivity contribution < 1.29 is 9.53 Å². The number of carbonyl (C=O) groups is 1. The van der Waals surface area contributed by atoms with Crippen LogP contribution in [0.25, 0.3) is 0 Å². The topological polar surface area (TPSA) is 62.1 Å². The van der Waals surface area contributed by atoms with Gasteiger partial charge in [0.15, 0.2) is 5.41 Å². The fraction of sp³-hybridized carbons (Fsp3) is 0.818. The van der Waals surface area contributed by atoms with Crippen LogP contribution in [0.4, 0.5) is 0 Å². The summed E-state index contributed by atoms with van der Waals surface area (Å²) < 4.78 is 5.27. The molecule has 84 valence electrons. The summed E-state index contributed by atoms with van der Waals surface area (Å²) in [6.45, 7) is 6.70. The van der Waals surface area contributed by atoms with Crippen molar-refractivity contribution in [3.63, 3.8) is 0 Å². The third kappa shape index (κ3) is 2.93. The minimum Gasteiger partial charge on any atom is -0.459 e. The number of hydrogen-bond donors (Lipinski definition) is 1. The highest BCUT2D eigenvalue weighted by Gasteiger charge is 2.43. The lowest BCUT2D eigenvalue weighted by Crippen LogP contribution is -2.47. The molecule has 0 saturated carbocycles. The van der Waals surface area contributed by atoms with Gasteiger partial charge in [-0.3, -0.25) is 4.79 Å². The molecule has 1 heterocycles. The largest absolute Gasteiger partial charge is 0.459 e. The van der Waals surface area contributed by atoms with Gasteiger partial charge < -0.3 is 10.1 Å². The average molecular weight is 210 g/mol. The predicted molar refractivity (Wildman–Crippen MR) is 56.0 cm³/mol. The van der Waals surface area contributed by atoms with Crippen LogP contribution in [0.1, 0.15) is 33.6 Å². The molecule has 1 unspecified atom stereocenters. The molecule has 0 aromatic heterocycles. The smallest absolute Gasteiger partial charge is 0.328 e. The second-order valence-corrected chi connectivity index (χ2v) is 4.98. The lowest BCUT2D eigenvalue weighted by Gasteiger charge is -2.32. The van der Waals surface area contributed by atoms with E-state index in [9.17, 15) is 4.79 Å². The lowest BCUT2D eigenvalue weighted by atomic mass is 9.82. The van der Waals surface area contributed by atoms with Crippen molar-refractivity contribution in [2.75, 3.05) is 13.1 Å². The SMILES string of the molecule is CC(C)(C)OC(=O)C1(C#N)CCCNC1. The van der Waals surface area contributed by atoms with Crippen LogP contribution in [0, 0.1) is 16.7 Å². The molecule has 0 aliphatic carbocycles. The second-order valence-electron chi connectivity index (χ2n) is 4.98. The number of piperidine rings is 1. The number of ether oxygens (including phenoxy) is 1. The third-order valence-electron chi connectivity index (χ3n) is 2.39. The molecule has 0 bridgehead atoms. The molecular formula is C11H18N2O2. The summed E-state index contributed by atoms with van der Waals surface area (Å²) in [7, 11) is 0. The molecule has 1 aliphatic rings. The minimum atomic E-state index is -0.981. The van der Waals surface area contributed by atoms with E-state index in [1.165, 1.54) is 0 Å². The maximum Gasteiger partial charge on any atom is 0.328 e. The number of carbonyl (C=O) groups excluding carboxylic acids is 1. The zero-order chi connectivity index (χ0) is 11.5. The molecule has 15 heavy (non-hydrogen) atoms. The van der Waals surface area contributed by atoms with Gasteiger partial charge in [-0.15, -0.1) is 0 Å². The first-order valence-electron chi connectivity index (χ1n) is 5.25. The Labute approximate surface area is 90.6 Å². The Bertz CT molecular complexity index is 280. The number of nitrogens with zero attached hydrogens (tertiary/aromatic N) is 1. The third-order valence-corrected chi connectivity index (χ3v) is 2.39. The fourth-order valence-electron chi connectivity index (χ4n) is 1.60. The second kappa shape index (κ2) is 4.19. The van der Waals surface area contributed by atoms with Gasteiger partial charge >= 0.3 is 5.97 Å². The molecular weight excluding hydrogens is 192 g/mol. The molecule has 0 spiro atoms. The van der Waals surface area contributed by atoms with E-state index in [4.69, 9.17) is 10.00 Å². The van der Waals surface area contributed by atoms with Gasteiger partial charge in [-0.25, -0.2) is 0 Å². The molecule has 0 aromatic carbocycles. The molecule has 0 radical (unpaired) electrons. The molecule has 4 heteroatoms. The van der Waals surface area contributed by atoms with Gasteiger partial charge in [-0.2, -0.15) is 5.26 Å². The van der Waals surface area contributed by atoms with E-state index in [1.807, 2.05) is 20.8 Å². The highest BCUT2D eigenvalue weighted by Crippen LogP contribution is 2.28. The Morgan fingerprint density at radius 1 is 1.53 bits per heavy atom. The minimum absolute atomic E-state index is 0.398. The first kappa shape index (κ1) is 12.0. The molecule has 4 nitrogen and oxygen atoms in total. The summed E-state index contributed by atoms with van der Waals surface area (Å²) >= 11 is 0. The van der Waals surface area contributed by atoms with E-state index in [-0.39, 0.29) is 0 Å². The van der Waals surface area contributed by atoms with Gasteiger partial charge in [-0.1, -0.05) is 0 Å². The number of esters is 1. The van der Waals surface area contributed by atoms with Gasteiger partial charge in [0.05, 0.1) is 6.07 Å². The summed E-state index contributed by atoms with van der Waals surface area (Å²) in [6.07, 6.45) is 1.43. The molecule has 1 rings (SSSR count). The Kier molecular flexibility index (Phi) is 3.35. The standard InChI is InChI=1S/C11H18N2O2/c1-10(2,3)15-9(14)11(7-12)5-4-6-13-8-11/h13H,4-6,8H2,1-3H3. The lowest BCUT2D eigenvalue weighted by molar-refractivity contribution is -0.165. The van der Waals surface area contributed by atoms with Crippen molar-refractivity contribution in [2.45, 2.75) is 39.2 Å². The van der Waals surface area contributed by atoms with Crippen LogP contribution >= 0.6 is 0 Å². The number of nitrogens with one attached hydrogen (secondary N) is 1. The molecule has 1 N–H and O–H groups in total. The first-order valence-corrected chi connectivity index (χ1v) is 5.25. The van der Waals surface area contributed by atoms with Crippen LogP contribution in [0.2, 0.25) is 0 Å². The maximum atomic E-state index is 11.9. The molecule has 1 fully saturated rings. The van der Waals surface area contributed by atoms with Gasteiger partial charge in [0.1, 0.15) is 5.60 Å². The zero-order valence-corrected chi connectivity index (χ0v) is 9.59. The first-order chi connectivity index (χ1) is 6.90. The van der Waals surface area contributed by atoms with Crippen molar-refractivity contribution >= 4 is 5.97 Å². The fourth-order valence-corrected chi connectivity index (χ4v) is 1.60. The van der Waals surface area contributed by atoms with Crippen LogP contribution < -0.4 is 5.32 Å². The Hall–Kier alpha value is -1.08. The summed E-state index contributed by atoms with van der Waals surface area (Å²) in [6, 6.07) is 2.10. The van der Waals surface area contributed by atoms with E-state index in [0.717, 1.165) is 13.0 Å². The summed E-state index contributed by atoms with van der Waals surface area (Å²) in [5.41, 5.74) is -1.51. The van der Waals surface area contributed by atoms with Crippen molar-refractivity contribution in [3.05, 3.63) is 0 Å². The van der Waals surface area contributed by atoms with Crippen molar-refractivity contribution in [3.8, 4) is 6.07 Å². The number of nitriles is 1. The normalized spacial score (nSPS) is 26.8. The summed E-state index contributed by atoms with van der Waals surface area (Å²) in [5, 5.41) is 12.2. The van der Waals surface area contributed by atoms with Crippen molar-refractivity contribution in [2.24, 2.45) is 5.41 Å². The van der Waals surface area contributed by atoms with Crippen LogP contribution in [0.5, 0.6) is 0 Å². The Morgan fingerprint density at radius 3 is 2.60 bits per heavy atom. The average Bonchev–Trinajstić information content (AvgIpc) is 2.16. The highest BCUT2D eigenvalue weighted by molar-refractivity contribution is 5.80. The highest BCUT2D eigenvalue weighted by atomic mass is 16.6. The van der Waals surface area contributed by atoms with Gasteiger partial charge in [0.2, 0.25) is 0 Å². The molecule has 1 saturated heterocycles. The number of rotatable bonds is 1. The van der Waals surface area contributed by atoms with Crippen LogP contribution in [-0.2, 0) is 9.53 Å².